The summed E-state index contributed by atoms with van der Waals surface area (Å²) in [7, 11) is 0. The molecule has 1 aliphatic heterocycles. The molecule has 0 saturated carbocycles. The van der Waals surface area contributed by atoms with E-state index < -0.39 is 24.4 Å². The third kappa shape index (κ3) is 3.96. The first-order chi connectivity index (χ1) is 9.69. The minimum Gasteiger partial charge on any atom is -0.445 e. The molecule has 2 atom stereocenters. The molecular formula is C14H17NO5. The van der Waals surface area contributed by atoms with E-state index in [4.69, 9.17) is 14.2 Å². The van der Waals surface area contributed by atoms with Crippen molar-refractivity contribution in [1.29, 1.82) is 0 Å². The third-order valence-electron chi connectivity index (χ3n) is 2.81. The smallest absolute Gasteiger partial charge is 0.407 e. The molecule has 1 amide bonds. The molecule has 1 heterocycles. The summed E-state index contributed by atoms with van der Waals surface area (Å²) in [4.78, 5) is 22.9. The van der Waals surface area contributed by atoms with Gasteiger partial charge in [0.25, 0.3) is 0 Å². The summed E-state index contributed by atoms with van der Waals surface area (Å²) in [6.45, 7) is 2.36. The van der Waals surface area contributed by atoms with Gasteiger partial charge in [-0.3, -0.25) is 4.79 Å². The number of cyclic esters (lactones) is 1. The summed E-state index contributed by atoms with van der Waals surface area (Å²) in [6, 6.07) is 8.83. The molecule has 6 heteroatoms. The van der Waals surface area contributed by atoms with Crippen molar-refractivity contribution in [1.82, 2.24) is 5.32 Å². The van der Waals surface area contributed by atoms with E-state index in [9.17, 15) is 9.59 Å². The van der Waals surface area contributed by atoms with E-state index in [0.717, 1.165) is 5.56 Å². The van der Waals surface area contributed by atoms with Crippen molar-refractivity contribution in [2.45, 2.75) is 32.3 Å². The lowest BCUT2D eigenvalue weighted by molar-refractivity contribution is -0.163. The number of alkyl carbamates (subject to hydrolysis) is 1. The van der Waals surface area contributed by atoms with Gasteiger partial charge in [0.15, 0.2) is 0 Å². The Morgan fingerprint density at radius 3 is 2.85 bits per heavy atom. The highest BCUT2D eigenvalue weighted by molar-refractivity contribution is 5.75. The fourth-order valence-electron chi connectivity index (χ4n) is 1.89. The Balaban J connectivity index is 1.80. The molecule has 6 nitrogen and oxygen atoms in total. The molecule has 2 rings (SSSR count). The summed E-state index contributed by atoms with van der Waals surface area (Å²) in [6.07, 6.45) is -1.25. The Hall–Kier alpha value is -2.08. The molecule has 20 heavy (non-hydrogen) atoms. The number of ether oxygens (including phenoxy) is 3. The third-order valence-corrected chi connectivity index (χ3v) is 2.81. The number of carbonyl (C=O) groups excluding carboxylic acids is 2. The van der Waals surface area contributed by atoms with Gasteiger partial charge in [0.1, 0.15) is 12.6 Å². The first kappa shape index (κ1) is 14.3. The predicted molar refractivity (Wildman–Crippen MR) is 69.7 cm³/mol. The number of carbonyl (C=O) groups is 2. The maximum atomic E-state index is 11.7. The van der Waals surface area contributed by atoms with Crippen LogP contribution in [0.15, 0.2) is 30.3 Å². The van der Waals surface area contributed by atoms with Crippen LogP contribution in [-0.4, -0.2) is 31.0 Å². The standard InChI is InChI=1S/C14H17NO5/c1-2-18-13-11(8-12(16)20-13)15-14(17)19-9-10-6-4-3-5-7-10/h3-7,11,13H,2,8-9H2,1H3,(H,15,17). The van der Waals surface area contributed by atoms with Crippen molar-refractivity contribution >= 4 is 12.1 Å². The van der Waals surface area contributed by atoms with E-state index in [1.807, 2.05) is 30.3 Å². The Kier molecular flexibility index (Phi) is 4.95. The molecule has 0 bridgehead atoms. The molecule has 2 unspecified atom stereocenters. The number of rotatable bonds is 5. The number of hydrogen-bond acceptors (Lipinski definition) is 5. The van der Waals surface area contributed by atoms with E-state index in [-0.39, 0.29) is 13.0 Å². The SMILES string of the molecule is CCOC1OC(=O)CC1NC(=O)OCc1ccccc1. The lowest BCUT2D eigenvalue weighted by Crippen LogP contribution is -2.41. The van der Waals surface area contributed by atoms with Crippen LogP contribution in [0.2, 0.25) is 0 Å². The summed E-state index contributed by atoms with van der Waals surface area (Å²) >= 11 is 0. The van der Waals surface area contributed by atoms with Crippen molar-refractivity contribution in [3.05, 3.63) is 35.9 Å². The molecule has 1 aromatic rings. The molecule has 108 valence electrons. The van der Waals surface area contributed by atoms with Crippen LogP contribution < -0.4 is 5.32 Å². The Labute approximate surface area is 117 Å². The van der Waals surface area contributed by atoms with Crippen LogP contribution in [-0.2, 0) is 25.6 Å². The van der Waals surface area contributed by atoms with Gasteiger partial charge >= 0.3 is 12.1 Å². The van der Waals surface area contributed by atoms with Gasteiger partial charge in [0.2, 0.25) is 6.29 Å². The summed E-state index contributed by atoms with van der Waals surface area (Å²) in [5.74, 6) is -0.392. The van der Waals surface area contributed by atoms with Crippen LogP contribution in [0.1, 0.15) is 18.9 Å². The zero-order valence-electron chi connectivity index (χ0n) is 11.2. The maximum Gasteiger partial charge on any atom is 0.407 e. The van der Waals surface area contributed by atoms with E-state index in [1.54, 1.807) is 6.92 Å². The van der Waals surface area contributed by atoms with Crippen LogP contribution in [0.25, 0.3) is 0 Å². The van der Waals surface area contributed by atoms with Gasteiger partial charge in [-0.1, -0.05) is 30.3 Å². The minimum absolute atomic E-state index is 0.0884. The monoisotopic (exact) mass is 279 g/mol. The molecule has 1 aliphatic rings. The van der Waals surface area contributed by atoms with Crippen molar-refractivity contribution in [2.24, 2.45) is 0 Å². The highest BCUT2D eigenvalue weighted by Crippen LogP contribution is 2.16. The quantitative estimate of drug-likeness (QED) is 0.828. The van der Waals surface area contributed by atoms with Gasteiger partial charge in [-0.2, -0.15) is 0 Å². The van der Waals surface area contributed by atoms with E-state index in [0.29, 0.717) is 6.61 Å². The Morgan fingerprint density at radius 1 is 1.40 bits per heavy atom. The van der Waals surface area contributed by atoms with E-state index in [2.05, 4.69) is 5.32 Å². The summed E-state index contributed by atoms with van der Waals surface area (Å²) < 4.78 is 15.3. The lowest BCUT2D eigenvalue weighted by Gasteiger charge is -2.18. The molecule has 1 saturated heterocycles. The Morgan fingerprint density at radius 2 is 2.15 bits per heavy atom. The fraction of sp³-hybridized carbons (Fsp3) is 0.429. The molecule has 1 aromatic carbocycles. The molecule has 0 aliphatic carbocycles. The van der Waals surface area contributed by atoms with Gasteiger partial charge in [-0.25, -0.2) is 4.79 Å². The molecule has 0 aromatic heterocycles. The fourth-order valence-corrected chi connectivity index (χ4v) is 1.89. The van der Waals surface area contributed by atoms with Crippen molar-refractivity contribution in [3.8, 4) is 0 Å². The van der Waals surface area contributed by atoms with Gasteiger partial charge in [0.05, 0.1) is 6.42 Å². The summed E-state index contributed by atoms with van der Waals surface area (Å²) in [5.41, 5.74) is 0.891. The lowest BCUT2D eigenvalue weighted by atomic mass is 10.2. The number of nitrogens with one attached hydrogen (secondary N) is 1. The van der Waals surface area contributed by atoms with Gasteiger partial charge in [-0.05, 0) is 12.5 Å². The van der Waals surface area contributed by atoms with Crippen LogP contribution >= 0.6 is 0 Å². The van der Waals surface area contributed by atoms with Crippen LogP contribution in [0.4, 0.5) is 4.79 Å². The van der Waals surface area contributed by atoms with Crippen LogP contribution in [0, 0.1) is 0 Å². The highest BCUT2D eigenvalue weighted by atomic mass is 16.7. The number of amides is 1. The molecule has 1 N–H and O–H groups in total. The largest absolute Gasteiger partial charge is 0.445 e. The topological polar surface area (TPSA) is 73.9 Å². The average Bonchev–Trinajstić information content (AvgIpc) is 2.78. The van der Waals surface area contributed by atoms with Gasteiger partial charge in [-0.15, -0.1) is 0 Å². The first-order valence-corrected chi connectivity index (χ1v) is 6.47. The second-order valence-electron chi connectivity index (χ2n) is 4.33. The van der Waals surface area contributed by atoms with Gasteiger partial charge < -0.3 is 19.5 Å². The number of esters is 1. The molecular weight excluding hydrogens is 262 g/mol. The van der Waals surface area contributed by atoms with Crippen LogP contribution in [0.3, 0.4) is 0 Å². The maximum absolute atomic E-state index is 11.7. The second-order valence-corrected chi connectivity index (χ2v) is 4.33. The first-order valence-electron chi connectivity index (χ1n) is 6.47. The number of hydrogen-bond donors (Lipinski definition) is 1. The van der Waals surface area contributed by atoms with Gasteiger partial charge in [0, 0.05) is 6.61 Å². The van der Waals surface area contributed by atoms with Crippen LogP contribution in [0.5, 0.6) is 0 Å². The zero-order valence-corrected chi connectivity index (χ0v) is 11.2. The predicted octanol–water partition coefficient (Wildman–Crippen LogP) is 1.59. The van der Waals surface area contributed by atoms with Crippen molar-refractivity contribution < 1.29 is 23.8 Å². The normalized spacial score (nSPS) is 21.4. The van der Waals surface area contributed by atoms with E-state index >= 15 is 0 Å². The number of benzene rings is 1. The average molecular weight is 279 g/mol. The van der Waals surface area contributed by atoms with E-state index in [1.165, 1.54) is 0 Å². The zero-order chi connectivity index (χ0) is 14.4. The van der Waals surface area contributed by atoms with Crippen molar-refractivity contribution in [3.63, 3.8) is 0 Å². The minimum atomic E-state index is -0.739. The Bertz CT molecular complexity index is 462. The molecule has 0 radical (unpaired) electrons. The summed E-state index contributed by atoms with van der Waals surface area (Å²) in [5, 5.41) is 2.58. The molecule has 1 fully saturated rings. The second kappa shape index (κ2) is 6.91. The highest BCUT2D eigenvalue weighted by Gasteiger charge is 2.36. The van der Waals surface area contributed by atoms with Crippen molar-refractivity contribution in [2.75, 3.05) is 6.61 Å². The molecule has 0 spiro atoms.